The maximum absolute atomic E-state index is 7.34. The molecule has 0 saturated carbocycles. The minimum absolute atomic E-state index is 0.142. The van der Waals surface area contributed by atoms with Crippen molar-refractivity contribution >= 4 is 0 Å². The molecule has 2 aliphatic heterocycles. The fourth-order valence-electron chi connectivity index (χ4n) is 7.14. The lowest BCUT2D eigenvalue weighted by molar-refractivity contribution is -0.252. The third kappa shape index (κ3) is 6.83. The molecule has 0 aliphatic carbocycles. The summed E-state index contributed by atoms with van der Waals surface area (Å²) in [4.78, 5) is 0. The van der Waals surface area contributed by atoms with Crippen LogP contribution in [0.2, 0.25) is 0 Å². The van der Waals surface area contributed by atoms with E-state index in [4.69, 9.17) is 28.4 Å². The van der Waals surface area contributed by atoms with Crippen molar-refractivity contribution in [1.29, 1.82) is 0 Å². The Kier molecular flexibility index (Phi) is 10.1. The zero-order valence-corrected chi connectivity index (χ0v) is 28.6. The molecule has 2 fully saturated rings. The largest absolute Gasteiger partial charge is 0.368 e. The molecule has 0 N–H and O–H groups in total. The second-order valence-corrected chi connectivity index (χ2v) is 13.2. The molecule has 5 aromatic rings. The first-order valence-electron chi connectivity index (χ1n) is 17.2. The van der Waals surface area contributed by atoms with E-state index in [1.807, 2.05) is 129 Å². The summed E-state index contributed by atoms with van der Waals surface area (Å²) in [5.74, 6) is -0.870. The molecule has 0 spiro atoms. The summed E-state index contributed by atoms with van der Waals surface area (Å²) < 4.78 is 40.7. The maximum Gasteiger partial charge on any atom is 0.191 e. The van der Waals surface area contributed by atoms with Gasteiger partial charge in [0.2, 0.25) is 0 Å². The number of benzene rings is 5. The molecule has 256 valence electrons. The van der Waals surface area contributed by atoms with E-state index in [9.17, 15) is 0 Å². The first kappa shape index (κ1) is 34.1. The van der Waals surface area contributed by atoms with Crippen LogP contribution in [0.4, 0.5) is 0 Å². The highest BCUT2D eigenvalue weighted by Gasteiger charge is 2.65. The standard InChI is InChI=1S/C44H44O6/c1-4-43(46-31-34-22-12-6-13-23-34)39(48-41-40(43)49-42(2,3)50-41)38(45-30-33-20-10-5-11-21-33)32-47-44(35-24-14-7-15-25-35,36-26-16-8-17-27-36)37-28-18-9-19-29-37/h4-29,38-41H,1,30-32H2,2-3H3/t38-,39-,40+,41-,43-/m1/s1. The van der Waals surface area contributed by atoms with Gasteiger partial charge in [0.05, 0.1) is 19.8 Å². The third-order valence-electron chi connectivity index (χ3n) is 9.53. The van der Waals surface area contributed by atoms with Crippen LogP contribution in [0.15, 0.2) is 164 Å². The second kappa shape index (κ2) is 14.8. The third-order valence-corrected chi connectivity index (χ3v) is 9.53. The van der Waals surface area contributed by atoms with Gasteiger partial charge in [-0.2, -0.15) is 0 Å². The van der Waals surface area contributed by atoms with Gasteiger partial charge in [-0.05, 0) is 41.7 Å². The minimum atomic E-state index is -1.13. The summed E-state index contributed by atoms with van der Waals surface area (Å²) in [6.45, 7) is 8.86. The van der Waals surface area contributed by atoms with Gasteiger partial charge in [0.15, 0.2) is 12.1 Å². The van der Waals surface area contributed by atoms with E-state index < -0.39 is 41.6 Å². The highest BCUT2D eigenvalue weighted by Crippen LogP contribution is 2.48. The summed E-state index contributed by atoms with van der Waals surface area (Å²) in [6, 6.07) is 51.1. The van der Waals surface area contributed by atoms with Crippen LogP contribution in [0.1, 0.15) is 41.7 Å². The molecule has 6 heteroatoms. The van der Waals surface area contributed by atoms with Crippen molar-refractivity contribution in [1.82, 2.24) is 0 Å². The maximum atomic E-state index is 7.34. The van der Waals surface area contributed by atoms with Gasteiger partial charge in [-0.25, -0.2) is 0 Å². The first-order valence-corrected chi connectivity index (χ1v) is 17.2. The number of hydrogen-bond donors (Lipinski definition) is 0. The van der Waals surface area contributed by atoms with E-state index >= 15 is 0 Å². The molecular weight excluding hydrogens is 624 g/mol. The van der Waals surface area contributed by atoms with E-state index in [0.717, 1.165) is 27.8 Å². The summed E-state index contributed by atoms with van der Waals surface area (Å²) in [5.41, 5.74) is 2.92. The summed E-state index contributed by atoms with van der Waals surface area (Å²) >= 11 is 0. The number of fused-ring (bicyclic) bond motifs is 1. The topological polar surface area (TPSA) is 55.4 Å². The Morgan fingerprint density at radius 3 is 1.60 bits per heavy atom. The lowest BCUT2D eigenvalue weighted by atomic mass is 9.80. The summed E-state index contributed by atoms with van der Waals surface area (Å²) in [6.07, 6.45) is -0.824. The quantitative estimate of drug-likeness (QED) is 0.0873. The van der Waals surface area contributed by atoms with E-state index in [-0.39, 0.29) is 6.61 Å². The van der Waals surface area contributed by atoms with Crippen molar-refractivity contribution in [2.24, 2.45) is 0 Å². The molecule has 2 saturated heterocycles. The molecule has 2 aliphatic rings. The van der Waals surface area contributed by atoms with Gasteiger partial charge in [-0.1, -0.05) is 158 Å². The average molecular weight is 669 g/mol. The van der Waals surface area contributed by atoms with E-state index in [2.05, 4.69) is 43.0 Å². The molecule has 50 heavy (non-hydrogen) atoms. The Bertz CT molecular complexity index is 1700. The van der Waals surface area contributed by atoms with Crippen LogP contribution in [0.3, 0.4) is 0 Å². The summed E-state index contributed by atoms with van der Waals surface area (Å²) in [5, 5.41) is 0. The van der Waals surface area contributed by atoms with Gasteiger partial charge in [-0.15, -0.1) is 6.58 Å². The molecule has 5 aromatic carbocycles. The van der Waals surface area contributed by atoms with Crippen LogP contribution in [-0.2, 0) is 47.2 Å². The van der Waals surface area contributed by atoms with Gasteiger partial charge in [-0.3, -0.25) is 0 Å². The van der Waals surface area contributed by atoms with Crippen LogP contribution in [0, 0.1) is 0 Å². The monoisotopic (exact) mass is 668 g/mol. The van der Waals surface area contributed by atoms with Gasteiger partial charge >= 0.3 is 0 Å². The van der Waals surface area contributed by atoms with E-state index in [0.29, 0.717) is 13.2 Å². The molecule has 0 amide bonds. The zero-order chi connectivity index (χ0) is 34.4. The molecule has 6 nitrogen and oxygen atoms in total. The van der Waals surface area contributed by atoms with E-state index in [1.54, 1.807) is 6.08 Å². The molecule has 7 rings (SSSR count). The first-order chi connectivity index (χ1) is 24.4. The minimum Gasteiger partial charge on any atom is -0.368 e. The van der Waals surface area contributed by atoms with Crippen LogP contribution >= 0.6 is 0 Å². The molecule has 0 unspecified atom stereocenters. The van der Waals surface area contributed by atoms with Crippen molar-refractivity contribution in [3.8, 4) is 0 Å². The van der Waals surface area contributed by atoms with Gasteiger partial charge in [0.1, 0.15) is 29.5 Å². The molecule has 5 atom stereocenters. The van der Waals surface area contributed by atoms with Crippen molar-refractivity contribution in [2.45, 2.75) is 68.7 Å². The van der Waals surface area contributed by atoms with Crippen molar-refractivity contribution in [3.05, 3.63) is 192 Å². The lowest BCUT2D eigenvalue weighted by Gasteiger charge is -2.41. The second-order valence-electron chi connectivity index (χ2n) is 13.2. The normalized spacial score (nSPS) is 23.3. The van der Waals surface area contributed by atoms with Crippen LogP contribution in [0.25, 0.3) is 0 Å². The smallest absolute Gasteiger partial charge is 0.191 e. The molecule has 0 bridgehead atoms. The summed E-state index contributed by atoms with van der Waals surface area (Å²) in [7, 11) is 0. The Morgan fingerprint density at radius 2 is 1.12 bits per heavy atom. The van der Waals surface area contributed by atoms with Crippen molar-refractivity contribution in [3.63, 3.8) is 0 Å². The Balaban J connectivity index is 1.31. The van der Waals surface area contributed by atoms with Crippen molar-refractivity contribution < 1.29 is 28.4 Å². The SMILES string of the molecule is C=C[C@@]1(OCc2ccccc2)[C@@H]([C@@H](COC(c2ccccc2)(c2ccccc2)c2ccccc2)OCc2ccccc2)O[C@@H]2OC(C)(C)O[C@@H]21. The van der Waals surface area contributed by atoms with E-state index in [1.165, 1.54) is 0 Å². The van der Waals surface area contributed by atoms with Crippen LogP contribution in [-0.4, -0.2) is 42.6 Å². The Labute approximate surface area is 295 Å². The molecule has 0 radical (unpaired) electrons. The fraction of sp³-hybridized carbons (Fsp3) is 0.273. The van der Waals surface area contributed by atoms with Gasteiger partial charge in [0.25, 0.3) is 0 Å². The number of rotatable bonds is 14. The Hall–Kier alpha value is -4.40. The number of hydrogen-bond acceptors (Lipinski definition) is 6. The fourth-order valence-corrected chi connectivity index (χ4v) is 7.14. The highest BCUT2D eigenvalue weighted by atomic mass is 16.8. The predicted octanol–water partition coefficient (Wildman–Crippen LogP) is 8.60. The highest BCUT2D eigenvalue weighted by molar-refractivity contribution is 5.47. The predicted molar refractivity (Wildman–Crippen MR) is 193 cm³/mol. The van der Waals surface area contributed by atoms with Gasteiger partial charge in [0, 0.05) is 0 Å². The molecule has 0 aromatic heterocycles. The molecule has 2 heterocycles. The molecular formula is C44H44O6. The number of ether oxygens (including phenoxy) is 6. The van der Waals surface area contributed by atoms with Gasteiger partial charge < -0.3 is 28.4 Å². The Morgan fingerprint density at radius 1 is 0.660 bits per heavy atom. The zero-order valence-electron chi connectivity index (χ0n) is 28.6. The van der Waals surface area contributed by atoms with Crippen LogP contribution < -0.4 is 0 Å². The average Bonchev–Trinajstić information content (AvgIpc) is 3.63. The van der Waals surface area contributed by atoms with Crippen LogP contribution in [0.5, 0.6) is 0 Å². The van der Waals surface area contributed by atoms with Crippen molar-refractivity contribution in [2.75, 3.05) is 6.61 Å². The lowest BCUT2D eigenvalue weighted by Crippen LogP contribution is -2.55.